The molecular formula is C24H24N2O2. The van der Waals surface area contributed by atoms with Gasteiger partial charge in [0, 0.05) is 24.3 Å². The number of nitrogens with zero attached hydrogens (tertiary/aromatic N) is 1. The summed E-state index contributed by atoms with van der Waals surface area (Å²) in [5.41, 5.74) is 2.47. The molecule has 1 aliphatic rings. The van der Waals surface area contributed by atoms with Crippen molar-refractivity contribution in [3.63, 3.8) is 0 Å². The van der Waals surface area contributed by atoms with E-state index in [1.807, 2.05) is 78.9 Å². The topological polar surface area (TPSA) is 41.6 Å². The number of amides is 1. The molecule has 0 aliphatic carbocycles. The Hall–Kier alpha value is -3.27. The van der Waals surface area contributed by atoms with Crippen molar-refractivity contribution in [2.24, 2.45) is 0 Å². The maximum atomic E-state index is 12.7. The normalized spacial score (nSPS) is 13.8. The molecule has 0 aromatic heterocycles. The lowest BCUT2D eigenvalue weighted by Gasteiger charge is -2.28. The minimum absolute atomic E-state index is 0.144. The van der Waals surface area contributed by atoms with Gasteiger partial charge in [0.1, 0.15) is 5.75 Å². The molecule has 1 amide bonds. The van der Waals surface area contributed by atoms with Gasteiger partial charge in [0.2, 0.25) is 0 Å². The van der Waals surface area contributed by atoms with E-state index < -0.39 is 0 Å². The predicted octanol–water partition coefficient (Wildman–Crippen LogP) is 5.72. The summed E-state index contributed by atoms with van der Waals surface area (Å²) >= 11 is 0. The molecule has 1 N–H and O–H groups in total. The van der Waals surface area contributed by atoms with Crippen LogP contribution in [0.4, 0.5) is 11.4 Å². The molecule has 3 aromatic rings. The van der Waals surface area contributed by atoms with Crippen LogP contribution in [0.5, 0.6) is 11.5 Å². The van der Waals surface area contributed by atoms with Gasteiger partial charge >= 0.3 is 0 Å². The van der Waals surface area contributed by atoms with Crippen LogP contribution in [0.1, 0.15) is 29.6 Å². The lowest BCUT2D eigenvalue weighted by atomic mass is 10.1. The van der Waals surface area contributed by atoms with Gasteiger partial charge in [0.15, 0.2) is 5.75 Å². The van der Waals surface area contributed by atoms with E-state index in [2.05, 4.69) is 10.2 Å². The molecule has 0 spiro atoms. The second-order valence-electron chi connectivity index (χ2n) is 6.96. The zero-order valence-electron chi connectivity index (χ0n) is 15.8. The third kappa shape index (κ3) is 4.34. The highest BCUT2D eigenvalue weighted by molar-refractivity contribution is 6.05. The van der Waals surface area contributed by atoms with E-state index in [1.54, 1.807) is 0 Å². The molecule has 28 heavy (non-hydrogen) atoms. The largest absolute Gasteiger partial charge is 0.455 e. The SMILES string of the molecule is O=C(Nc1ccccc1Oc1ccccc1)c1ccc(N2CCCCC2)cc1. The number of hydrogen-bond donors (Lipinski definition) is 1. The number of para-hydroxylation sites is 3. The standard InChI is InChI=1S/C24H24N2O2/c27-24(19-13-15-20(16-14-19)26-17-7-2-8-18-26)25-22-11-5-6-12-23(22)28-21-9-3-1-4-10-21/h1,3-6,9-16H,2,7-8,17-18H2,(H,25,27). The number of carbonyl (C=O) groups excluding carboxylic acids is 1. The smallest absolute Gasteiger partial charge is 0.255 e. The monoisotopic (exact) mass is 372 g/mol. The molecule has 0 bridgehead atoms. The van der Waals surface area contributed by atoms with E-state index in [-0.39, 0.29) is 5.91 Å². The third-order valence-corrected chi connectivity index (χ3v) is 4.96. The van der Waals surface area contributed by atoms with E-state index in [4.69, 9.17) is 4.74 Å². The van der Waals surface area contributed by atoms with Crippen molar-refractivity contribution in [1.29, 1.82) is 0 Å². The van der Waals surface area contributed by atoms with Crippen LogP contribution in [0.3, 0.4) is 0 Å². The van der Waals surface area contributed by atoms with Crippen LogP contribution in [-0.4, -0.2) is 19.0 Å². The molecule has 0 atom stereocenters. The molecule has 1 aliphatic heterocycles. The average Bonchev–Trinajstić information content (AvgIpc) is 2.76. The molecule has 4 nitrogen and oxygen atoms in total. The van der Waals surface area contributed by atoms with E-state index in [0.717, 1.165) is 18.8 Å². The number of anilines is 2. The number of nitrogens with one attached hydrogen (secondary N) is 1. The van der Waals surface area contributed by atoms with Gasteiger partial charge in [0.05, 0.1) is 5.69 Å². The van der Waals surface area contributed by atoms with Gasteiger partial charge in [-0.2, -0.15) is 0 Å². The van der Waals surface area contributed by atoms with E-state index in [1.165, 1.54) is 24.9 Å². The Labute approximate surface area is 165 Å². The quantitative estimate of drug-likeness (QED) is 0.623. The Kier molecular flexibility index (Phi) is 5.57. The molecular weight excluding hydrogens is 348 g/mol. The van der Waals surface area contributed by atoms with Crippen LogP contribution in [-0.2, 0) is 0 Å². The zero-order chi connectivity index (χ0) is 19.2. The van der Waals surface area contributed by atoms with Crippen LogP contribution in [0, 0.1) is 0 Å². The highest BCUT2D eigenvalue weighted by Gasteiger charge is 2.13. The van der Waals surface area contributed by atoms with Crippen molar-refractivity contribution in [2.45, 2.75) is 19.3 Å². The summed E-state index contributed by atoms with van der Waals surface area (Å²) in [4.78, 5) is 15.1. The maximum absolute atomic E-state index is 12.7. The van der Waals surface area contributed by atoms with Gasteiger partial charge in [-0.1, -0.05) is 30.3 Å². The van der Waals surface area contributed by atoms with Gasteiger partial charge in [-0.15, -0.1) is 0 Å². The Morgan fingerprint density at radius 2 is 1.46 bits per heavy atom. The van der Waals surface area contributed by atoms with Gasteiger partial charge in [-0.3, -0.25) is 4.79 Å². The van der Waals surface area contributed by atoms with Gasteiger partial charge in [-0.25, -0.2) is 0 Å². The molecule has 4 heteroatoms. The Balaban J connectivity index is 1.46. The lowest BCUT2D eigenvalue weighted by Crippen LogP contribution is -2.29. The van der Waals surface area contributed by atoms with Crippen molar-refractivity contribution in [2.75, 3.05) is 23.3 Å². The Morgan fingerprint density at radius 3 is 2.21 bits per heavy atom. The number of piperidine rings is 1. The fourth-order valence-corrected chi connectivity index (χ4v) is 3.44. The molecule has 4 rings (SSSR count). The predicted molar refractivity (Wildman–Crippen MR) is 113 cm³/mol. The fraction of sp³-hybridized carbons (Fsp3) is 0.208. The first-order valence-corrected chi connectivity index (χ1v) is 9.78. The van der Waals surface area contributed by atoms with E-state index >= 15 is 0 Å². The van der Waals surface area contributed by atoms with Crippen molar-refractivity contribution in [1.82, 2.24) is 0 Å². The van der Waals surface area contributed by atoms with Crippen LogP contribution in [0.15, 0.2) is 78.9 Å². The molecule has 1 heterocycles. The minimum Gasteiger partial charge on any atom is -0.455 e. The Bertz CT molecular complexity index is 917. The number of hydrogen-bond acceptors (Lipinski definition) is 3. The Morgan fingerprint density at radius 1 is 0.786 bits per heavy atom. The second kappa shape index (κ2) is 8.61. The summed E-state index contributed by atoms with van der Waals surface area (Å²) in [6.45, 7) is 2.19. The molecule has 0 unspecified atom stereocenters. The van der Waals surface area contributed by atoms with Gasteiger partial charge in [0.25, 0.3) is 5.91 Å². The summed E-state index contributed by atoms with van der Waals surface area (Å²) in [7, 11) is 0. The molecule has 0 saturated carbocycles. The fourth-order valence-electron chi connectivity index (χ4n) is 3.44. The first-order valence-electron chi connectivity index (χ1n) is 9.78. The van der Waals surface area contributed by atoms with E-state index in [9.17, 15) is 4.79 Å². The highest BCUT2D eigenvalue weighted by atomic mass is 16.5. The number of benzene rings is 3. The lowest BCUT2D eigenvalue weighted by molar-refractivity contribution is 0.102. The maximum Gasteiger partial charge on any atom is 0.255 e. The summed E-state index contributed by atoms with van der Waals surface area (Å²) in [6.07, 6.45) is 3.78. The number of rotatable bonds is 5. The van der Waals surface area contributed by atoms with Crippen molar-refractivity contribution < 1.29 is 9.53 Å². The van der Waals surface area contributed by atoms with Crippen LogP contribution in [0.2, 0.25) is 0 Å². The van der Waals surface area contributed by atoms with Gasteiger partial charge < -0.3 is 15.0 Å². The second-order valence-corrected chi connectivity index (χ2v) is 6.96. The molecule has 1 saturated heterocycles. The summed E-state index contributed by atoms with van der Waals surface area (Å²) in [5.74, 6) is 1.20. The van der Waals surface area contributed by atoms with Crippen LogP contribution in [0.25, 0.3) is 0 Å². The molecule has 142 valence electrons. The molecule has 1 fully saturated rings. The first kappa shape index (κ1) is 18.1. The number of carbonyl (C=O) groups is 1. The minimum atomic E-state index is -0.144. The van der Waals surface area contributed by atoms with Gasteiger partial charge in [-0.05, 0) is 67.8 Å². The average molecular weight is 372 g/mol. The highest BCUT2D eigenvalue weighted by Crippen LogP contribution is 2.29. The summed E-state index contributed by atoms with van der Waals surface area (Å²) in [6, 6.07) is 24.9. The number of ether oxygens (including phenoxy) is 1. The van der Waals surface area contributed by atoms with Crippen LogP contribution >= 0.6 is 0 Å². The van der Waals surface area contributed by atoms with Crippen molar-refractivity contribution >= 4 is 17.3 Å². The summed E-state index contributed by atoms with van der Waals surface area (Å²) < 4.78 is 5.92. The van der Waals surface area contributed by atoms with Crippen LogP contribution < -0.4 is 15.0 Å². The zero-order valence-corrected chi connectivity index (χ0v) is 15.8. The van der Waals surface area contributed by atoms with Crippen molar-refractivity contribution in [3.8, 4) is 11.5 Å². The molecule has 0 radical (unpaired) electrons. The van der Waals surface area contributed by atoms with E-state index in [0.29, 0.717) is 17.0 Å². The summed E-state index contributed by atoms with van der Waals surface area (Å²) in [5, 5.41) is 2.97. The third-order valence-electron chi connectivity index (χ3n) is 4.96. The first-order chi connectivity index (χ1) is 13.8. The van der Waals surface area contributed by atoms with Crippen molar-refractivity contribution in [3.05, 3.63) is 84.4 Å². The molecule has 3 aromatic carbocycles.